The lowest BCUT2D eigenvalue weighted by Crippen LogP contribution is -2.31. The highest BCUT2D eigenvalue weighted by Gasteiger charge is 2.02. The van der Waals surface area contributed by atoms with Crippen molar-refractivity contribution in [1.29, 1.82) is 0 Å². The van der Waals surface area contributed by atoms with Crippen LogP contribution >= 0.6 is 0 Å². The van der Waals surface area contributed by atoms with Crippen molar-refractivity contribution in [2.75, 3.05) is 0 Å². The van der Waals surface area contributed by atoms with E-state index in [1.807, 2.05) is 32.3 Å². The average Bonchev–Trinajstić information content (AvgIpc) is 1.88. The lowest BCUT2D eigenvalue weighted by Gasteiger charge is -1.95. The third-order valence-corrected chi connectivity index (χ3v) is 1.49. The molecule has 0 atom stereocenters. The third kappa shape index (κ3) is 1.24. The van der Waals surface area contributed by atoms with Gasteiger partial charge in [-0.3, -0.25) is 0 Å². The monoisotopic (exact) mass is 134 g/mol. The molecule has 0 aromatic carbocycles. The largest absolute Gasteiger partial charge is 0.207 e. The third-order valence-electron chi connectivity index (χ3n) is 1.49. The normalized spacial score (nSPS) is 9.40. The minimum absolute atomic E-state index is 1.10. The van der Waals surface area contributed by atoms with Crippen LogP contribution in [0, 0.1) is 0 Å². The summed E-state index contributed by atoms with van der Waals surface area (Å²) in [5.74, 6) is 0. The van der Waals surface area contributed by atoms with Crippen LogP contribution in [0.1, 0.15) is 12.6 Å². The predicted molar refractivity (Wildman–Crippen MR) is 42.3 cm³/mol. The molecule has 1 aromatic rings. The molecule has 0 aliphatic carbocycles. The predicted octanol–water partition coefficient (Wildman–Crippen LogP) is 1.54. The molecule has 0 amide bonds. The van der Waals surface area contributed by atoms with Gasteiger partial charge in [-0.25, -0.2) is 4.57 Å². The van der Waals surface area contributed by atoms with E-state index in [1.165, 1.54) is 5.69 Å². The van der Waals surface area contributed by atoms with Crippen LogP contribution in [0.4, 0.5) is 0 Å². The SMILES string of the molecule is C=C(C)c1cccc[n+]1C. The summed E-state index contributed by atoms with van der Waals surface area (Å²) in [6.07, 6.45) is 2.02. The van der Waals surface area contributed by atoms with E-state index in [9.17, 15) is 0 Å². The standard InChI is InChI=1S/C9H12N/c1-8(2)9-6-4-5-7-10(9)3/h4-7H,1H2,2-3H3/q+1. The molecule has 0 fully saturated rings. The fraction of sp³-hybridized carbons (Fsp3) is 0.222. The van der Waals surface area contributed by atoms with Crippen molar-refractivity contribution >= 4 is 5.57 Å². The van der Waals surface area contributed by atoms with Gasteiger partial charge in [-0.1, -0.05) is 6.58 Å². The van der Waals surface area contributed by atoms with E-state index in [1.54, 1.807) is 0 Å². The summed E-state index contributed by atoms with van der Waals surface area (Å²) >= 11 is 0. The average molecular weight is 134 g/mol. The van der Waals surface area contributed by atoms with E-state index < -0.39 is 0 Å². The first-order chi connectivity index (χ1) is 4.72. The summed E-state index contributed by atoms with van der Waals surface area (Å²) in [6, 6.07) is 6.08. The quantitative estimate of drug-likeness (QED) is 0.513. The van der Waals surface area contributed by atoms with Gasteiger partial charge in [0.1, 0.15) is 7.05 Å². The Balaban J connectivity index is 3.15. The van der Waals surface area contributed by atoms with Gasteiger partial charge in [-0.15, -0.1) is 0 Å². The zero-order chi connectivity index (χ0) is 7.56. The molecule has 1 heteroatoms. The fourth-order valence-electron chi connectivity index (χ4n) is 0.967. The maximum Gasteiger partial charge on any atom is 0.207 e. The Morgan fingerprint density at radius 3 is 2.60 bits per heavy atom. The molecule has 1 nitrogen and oxygen atoms in total. The van der Waals surface area contributed by atoms with Gasteiger partial charge in [0.15, 0.2) is 6.20 Å². The minimum Gasteiger partial charge on any atom is -0.201 e. The van der Waals surface area contributed by atoms with Crippen molar-refractivity contribution in [2.45, 2.75) is 6.92 Å². The molecule has 0 N–H and O–H groups in total. The van der Waals surface area contributed by atoms with Crippen LogP contribution in [-0.4, -0.2) is 0 Å². The molecule has 0 saturated carbocycles. The zero-order valence-corrected chi connectivity index (χ0v) is 6.46. The van der Waals surface area contributed by atoms with Gasteiger partial charge in [0.05, 0.1) is 0 Å². The molecule has 0 bridgehead atoms. The number of allylic oxidation sites excluding steroid dienone is 1. The lowest BCUT2D eigenvalue weighted by molar-refractivity contribution is -0.673. The number of hydrogen-bond donors (Lipinski definition) is 0. The van der Waals surface area contributed by atoms with Gasteiger partial charge in [0.2, 0.25) is 5.69 Å². The van der Waals surface area contributed by atoms with E-state index in [0.717, 1.165) is 5.57 Å². The molecule has 10 heavy (non-hydrogen) atoms. The molecule has 0 spiro atoms. The van der Waals surface area contributed by atoms with E-state index in [2.05, 4.69) is 17.2 Å². The molecule has 0 aliphatic heterocycles. The second-order valence-corrected chi connectivity index (χ2v) is 2.48. The molecule has 0 saturated heterocycles. The lowest BCUT2D eigenvalue weighted by atomic mass is 10.2. The Labute approximate surface area is 61.6 Å². The van der Waals surface area contributed by atoms with E-state index >= 15 is 0 Å². The molecule has 1 aromatic heterocycles. The van der Waals surface area contributed by atoms with Crippen molar-refractivity contribution < 1.29 is 4.57 Å². The number of rotatable bonds is 1. The maximum absolute atomic E-state index is 3.87. The highest BCUT2D eigenvalue weighted by Crippen LogP contribution is 2.02. The van der Waals surface area contributed by atoms with Gasteiger partial charge >= 0.3 is 0 Å². The first kappa shape index (κ1) is 7.00. The summed E-state index contributed by atoms with van der Waals surface area (Å²) in [7, 11) is 2.02. The summed E-state index contributed by atoms with van der Waals surface area (Å²) in [5, 5.41) is 0. The van der Waals surface area contributed by atoms with Gasteiger partial charge in [0.25, 0.3) is 0 Å². The molecule has 1 heterocycles. The van der Waals surface area contributed by atoms with Crippen LogP contribution in [0.3, 0.4) is 0 Å². The smallest absolute Gasteiger partial charge is 0.201 e. The second kappa shape index (κ2) is 2.65. The first-order valence-electron chi connectivity index (χ1n) is 3.32. The van der Waals surface area contributed by atoms with Crippen molar-refractivity contribution in [3.63, 3.8) is 0 Å². The van der Waals surface area contributed by atoms with E-state index in [4.69, 9.17) is 0 Å². The molecular formula is C9H12N+. The summed E-state index contributed by atoms with van der Waals surface area (Å²) < 4.78 is 2.06. The molecule has 52 valence electrons. The van der Waals surface area contributed by atoms with Crippen LogP contribution in [0.15, 0.2) is 31.0 Å². The highest BCUT2D eigenvalue weighted by molar-refractivity contribution is 5.54. The number of aryl methyl sites for hydroxylation is 1. The molecule has 1 rings (SSSR count). The molecule has 0 aliphatic rings. The van der Waals surface area contributed by atoms with Crippen LogP contribution < -0.4 is 4.57 Å². The Morgan fingerprint density at radius 1 is 1.50 bits per heavy atom. The highest BCUT2D eigenvalue weighted by atomic mass is 14.9. The van der Waals surface area contributed by atoms with Crippen molar-refractivity contribution in [3.05, 3.63) is 36.7 Å². The first-order valence-corrected chi connectivity index (χ1v) is 3.32. The Morgan fingerprint density at radius 2 is 2.20 bits per heavy atom. The topological polar surface area (TPSA) is 3.88 Å². The second-order valence-electron chi connectivity index (χ2n) is 2.48. The number of nitrogens with zero attached hydrogens (tertiary/aromatic N) is 1. The zero-order valence-electron chi connectivity index (χ0n) is 6.46. The Bertz CT molecular complexity index is 251. The van der Waals surface area contributed by atoms with Gasteiger partial charge in [0, 0.05) is 17.7 Å². The van der Waals surface area contributed by atoms with Gasteiger partial charge in [-0.05, 0) is 13.0 Å². The summed E-state index contributed by atoms with van der Waals surface area (Å²) in [4.78, 5) is 0. The number of pyridine rings is 1. The van der Waals surface area contributed by atoms with Gasteiger partial charge < -0.3 is 0 Å². The van der Waals surface area contributed by atoms with Crippen LogP contribution in [0.5, 0.6) is 0 Å². The van der Waals surface area contributed by atoms with Crippen LogP contribution in [-0.2, 0) is 7.05 Å². The van der Waals surface area contributed by atoms with E-state index in [-0.39, 0.29) is 0 Å². The van der Waals surface area contributed by atoms with Gasteiger partial charge in [-0.2, -0.15) is 0 Å². The van der Waals surface area contributed by atoms with Crippen molar-refractivity contribution in [2.24, 2.45) is 7.05 Å². The summed E-state index contributed by atoms with van der Waals surface area (Å²) in [6.45, 7) is 5.87. The molecule has 0 unspecified atom stereocenters. The Hall–Kier alpha value is -1.11. The Kier molecular flexibility index (Phi) is 1.86. The number of aromatic nitrogens is 1. The molecular weight excluding hydrogens is 122 g/mol. The summed E-state index contributed by atoms with van der Waals surface area (Å²) in [5.41, 5.74) is 2.28. The van der Waals surface area contributed by atoms with Crippen molar-refractivity contribution in [1.82, 2.24) is 0 Å². The van der Waals surface area contributed by atoms with E-state index in [0.29, 0.717) is 0 Å². The minimum atomic E-state index is 1.10. The van der Waals surface area contributed by atoms with Crippen LogP contribution in [0.2, 0.25) is 0 Å². The maximum atomic E-state index is 3.87. The molecule has 0 radical (unpaired) electrons. The number of hydrogen-bond acceptors (Lipinski definition) is 0. The van der Waals surface area contributed by atoms with Crippen molar-refractivity contribution in [3.8, 4) is 0 Å². The fourth-order valence-corrected chi connectivity index (χ4v) is 0.967. The van der Waals surface area contributed by atoms with Crippen LogP contribution in [0.25, 0.3) is 5.57 Å².